The van der Waals surface area contributed by atoms with Gasteiger partial charge in [0.25, 0.3) is 0 Å². The van der Waals surface area contributed by atoms with E-state index >= 15 is 0 Å². The second-order valence-corrected chi connectivity index (χ2v) is 5.20. The molecular weight excluding hydrogens is 280 g/mol. The molecule has 0 fully saturated rings. The fraction of sp³-hybridized carbons (Fsp3) is 0.929. The summed E-state index contributed by atoms with van der Waals surface area (Å²) in [6.07, 6.45) is 5.71. The van der Waals surface area contributed by atoms with Crippen molar-refractivity contribution in [2.45, 2.75) is 65.3 Å². The van der Waals surface area contributed by atoms with E-state index in [1.807, 2.05) is 0 Å². The predicted molar refractivity (Wildman–Crippen MR) is 70.3 cm³/mol. The van der Waals surface area contributed by atoms with Crippen LogP contribution < -0.4 is 0 Å². The third-order valence-corrected chi connectivity index (χ3v) is 3.13. The third-order valence-electron chi connectivity index (χ3n) is 2.65. The summed E-state index contributed by atoms with van der Waals surface area (Å²) in [4.78, 5) is 11.9. The van der Waals surface area contributed by atoms with Gasteiger partial charge in [-0.25, -0.2) is 0 Å². The summed E-state index contributed by atoms with van der Waals surface area (Å²) in [5, 5.41) is 0. The van der Waals surface area contributed by atoms with E-state index in [-0.39, 0.29) is 4.09 Å². The molecule has 19 heavy (non-hydrogen) atoms. The average Bonchev–Trinajstić information content (AvgIpc) is 2.38. The Morgan fingerprint density at radius 3 is 1.37 bits per heavy atom. The van der Waals surface area contributed by atoms with Gasteiger partial charge in [-0.1, -0.05) is 0 Å². The van der Waals surface area contributed by atoms with Crippen molar-refractivity contribution in [3.8, 4) is 0 Å². The maximum absolute atomic E-state index is 11.9. The van der Waals surface area contributed by atoms with Crippen LogP contribution in [0.15, 0.2) is 0 Å². The first-order chi connectivity index (χ1) is 9.13. The van der Waals surface area contributed by atoms with E-state index < -0.39 is 5.97 Å². The topological polar surface area (TPSA) is 44.8 Å². The molecule has 0 aliphatic carbocycles. The molecule has 0 aromatic heterocycles. The summed E-state index contributed by atoms with van der Waals surface area (Å²) in [6.45, 7) is 7.68. The standard InChI is InChI=1S/C14H27O4.Ti/c1-4-7-10-16-14(13-15,17-11-8-5-2)18-12-9-6-3;/h4-12H2,1-3H3;. The Hall–Kier alpha value is 0.264. The molecule has 0 aliphatic heterocycles. The quantitative estimate of drug-likeness (QED) is 0.298. The van der Waals surface area contributed by atoms with Crippen molar-refractivity contribution in [3.63, 3.8) is 0 Å². The molecule has 0 heterocycles. The molecule has 5 heteroatoms. The van der Waals surface area contributed by atoms with Crippen LogP contribution in [0.5, 0.6) is 0 Å². The maximum atomic E-state index is 11.9. The molecule has 0 spiro atoms. The molecule has 0 aliphatic rings. The Bertz CT molecular complexity index is 207. The first kappa shape index (κ1) is 19.3. The number of carbonyl (C=O) groups excluding carboxylic acids is 1. The van der Waals surface area contributed by atoms with Crippen molar-refractivity contribution < 1.29 is 39.4 Å². The average molecular weight is 307 g/mol. The third kappa shape index (κ3) is 8.21. The molecule has 0 N–H and O–H groups in total. The monoisotopic (exact) mass is 307 g/mol. The molecule has 0 amide bonds. The van der Waals surface area contributed by atoms with Crippen LogP contribution in [0.4, 0.5) is 0 Å². The molecule has 0 radical (unpaired) electrons. The minimum atomic E-state index is -1.49. The van der Waals surface area contributed by atoms with E-state index in [2.05, 4.69) is 20.8 Å². The molecule has 0 rings (SSSR count). The number of rotatable bonds is 13. The zero-order valence-electron chi connectivity index (χ0n) is 12.5. The number of hydrogen-bond acceptors (Lipinski definition) is 4. The van der Waals surface area contributed by atoms with Crippen molar-refractivity contribution in [1.82, 2.24) is 0 Å². The van der Waals surface area contributed by atoms with E-state index in [4.69, 9.17) is 14.2 Å². The van der Waals surface area contributed by atoms with Crippen LogP contribution in [0.1, 0.15) is 59.3 Å². The van der Waals surface area contributed by atoms with E-state index in [0.717, 1.165) is 38.5 Å². The van der Waals surface area contributed by atoms with E-state index in [0.29, 0.717) is 19.8 Å². The van der Waals surface area contributed by atoms with Gasteiger partial charge in [0.05, 0.1) is 0 Å². The van der Waals surface area contributed by atoms with Gasteiger partial charge < -0.3 is 0 Å². The number of carbonyl (C=O) groups is 1. The Labute approximate surface area is 129 Å². The van der Waals surface area contributed by atoms with Gasteiger partial charge in [-0.3, -0.25) is 0 Å². The summed E-state index contributed by atoms with van der Waals surface area (Å²) in [6, 6.07) is 0. The van der Waals surface area contributed by atoms with E-state index in [1.54, 1.807) is 0 Å². The van der Waals surface area contributed by atoms with Crippen molar-refractivity contribution in [2.75, 3.05) is 19.8 Å². The summed E-state index contributed by atoms with van der Waals surface area (Å²) >= 11 is 1.46. The minimum absolute atomic E-state index is 0.212. The van der Waals surface area contributed by atoms with Gasteiger partial charge in [0.1, 0.15) is 0 Å². The van der Waals surface area contributed by atoms with Crippen molar-refractivity contribution in [3.05, 3.63) is 0 Å². The van der Waals surface area contributed by atoms with Crippen LogP contribution in [0.25, 0.3) is 0 Å². The van der Waals surface area contributed by atoms with Crippen LogP contribution in [-0.4, -0.2) is 29.9 Å². The molecule has 0 aromatic rings. The molecule has 0 aromatic carbocycles. The predicted octanol–water partition coefficient (Wildman–Crippen LogP) is 3.16. The Morgan fingerprint density at radius 1 is 0.842 bits per heavy atom. The van der Waals surface area contributed by atoms with Crippen molar-refractivity contribution >= 4 is 4.09 Å². The van der Waals surface area contributed by atoms with Gasteiger partial charge in [-0.2, -0.15) is 0 Å². The molecule has 0 atom stereocenters. The van der Waals surface area contributed by atoms with Gasteiger partial charge in [-0.05, 0) is 0 Å². The molecular formula is C14H27O4Ti. The fourth-order valence-corrected chi connectivity index (χ4v) is 1.71. The first-order valence-corrected chi connectivity index (χ1v) is 8.08. The second kappa shape index (κ2) is 12.0. The van der Waals surface area contributed by atoms with Crippen molar-refractivity contribution in [1.29, 1.82) is 0 Å². The van der Waals surface area contributed by atoms with Gasteiger partial charge in [-0.15, -0.1) is 0 Å². The van der Waals surface area contributed by atoms with Gasteiger partial charge >= 0.3 is 129 Å². The Balaban J connectivity index is 4.53. The molecule has 111 valence electrons. The summed E-state index contributed by atoms with van der Waals surface area (Å²) in [5.74, 6) is -1.49. The SMILES string of the molecule is CCCCOC(OCCCC)(OCCCC)[C](=O)[Ti]. The van der Waals surface area contributed by atoms with Gasteiger partial charge in [0.15, 0.2) is 0 Å². The Morgan fingerprint density at radius 2 is 1.16 bits per heavy atom. The first-order valence-electron chi connectivity index (χ1n) is 7.30. The van der Waals surface area contributed by atoms with E-state index in [1.165, 1.54) is 20.4 Å². The van der Waals surface area contributed by atoms with Gasteiger partial charge in [0.2, 0.25) is 0 Å². The fourth-order valence-electron chi connectivity index (χ4n) is 1.37. The van der Waals surface area contributed by atoms with Gasteiger partial charge in [0, 0.05) is 0 Å². The summed E-state index contributed by atoms with van der Waals surface area (Å²) < 4.78 is 16.7. The second-order valence-electron chi connectivity index (χ2n) is 4.49. The Kier molecular flexibility index (Phi) is 12.2. The van der Waals surface area contributed by atoms with Crippen LogP contribution in [0.2, 0.25) is 0 Å². The molecule has 0 bridgehead atoms. The van der Waals surface area contributed by atoms with Crippen LogP contribution in [-0.2, 0) is 39.4 Å². The molecule has 0 unspecified atom stereocenters. The number of ether oxygens (including phenoxy) is 3. The summed E-state index contributed by atoms with van der Waals surface area (Å²) in [7, 11) is 0. The number of hydrogen-bond donors (Lipinski definition) is 0. The number of unbranched alkanes of at least 4 members (excludes halogenated alkanes) is 3. The molecule has 0 saturated heterocycles. The molecule has 0 saturated carbocycles. The van der Waals surface area contributed by atoms with Crippen LogP contribution in [0, 0.1) is 0 Å². The van der Waals surface area contributed by atoms with Crippen LogP contribution >= 0.6 is 0 Å². The summed E-state index contributed by atoms with van der Waals surface area (Å²) in [5.41, 5.74) is 0. The normalized spacial score (nSPS) is 11.7. The van der Waals surface area contributed by atoms with Crippen molar-refractivity contribution in [2.24, 2.45) is 0 Å². The van der Waals surface area contributed by atoms with Crippen LogP contribution in [0.3, 0.4) is 0 Å². The zero-order chi connectivity index (χ0) is 14.6. The van der Waals surface area contributed by atoms with E-state index in [9.17, 15) is 4.79 Å². The zero-order valence-corrected chi connectivity index (χ0v) is 14.1. The molecule has 4 nitrogen and oxygen atoms in total.